The summed E-state index contributed by atoms with van der Waals surface area (Å²) in [7, 11) is 2.13. The lowest BCUT2D eigenvalue weighted by Crippen LogP contribution is -2.51. The van der Waals surface area contributed by atoms with E-state index in [-0.39, 0.29) is 5.92 Å². The molecule has 0 spiro atoms. The van der Waals surface area contributed by atoms with Crippen LogP contribution in [0.4, 0.5) is 23.3 Å². The lowest BCUT2D eigenvalue weighted by atomic mass is 9.84. The second-order valence-corrected chi connectivity index (χ2v) is 9.30. The van der Waals surface area contributed by atoms with Gasteiger partial charge < -0.3 is 30.7 Å². The lowest BCUT2D eigenvalue weighted by Gasteiger charge is -2.38. The Morgan fingerprint density at radius 1 is 1.15 bits per heavy atom. The molecule has 8 nitrogen and oxygen atoms in total. The van der Waals surface area contributed by atoms with Gasteiger partial charge in [0.1, 0.15) is 5.66 Å². The number of benzene rings is 2. The fourth-order valence-electron chi connectivity index (χ4n) is 5.18. The summed E-state index contributed by atoms with van der Waals surface area (Å²) in [6.45, 7) is 3.79. The second-order valence-electron chi connectivity index (χ2n) is 9.30. The molecule has 0 amide bonds. The zero-order valence-electron chi connectivity index (χ0n) is 18.8. The third kappa shape index (κ3) is 3.75. The minimum atomic E-state index is -0.599. The van der Waals surface area contributed by atoms with E-state index in [4.69, 9.17) is 10.3 Å². The van der Waals surface area contributed by atoms with Crippen LogP contribution in [0, 0.1) is 0 Å². The number of nitrogens with one attached hydrogen (secondary N) is 2. The Kier molecular flexibility index (Phi) is 4.85. The van der Waals surface area contributed by atoms with Gasteiger partial charge in [0, 0.05) is 43.5 Å². The van der Waals surface area contributed by atoms with Crippen LogP contribution in [0.5, 0.6) is 0 Å². The molecule has 3 heterocycles. The third-order valence-electron chi connectivity index (χ3n) is 7.10. The Morgan fingerprint density at radius 3 is 2.88 bits per heavy atom. The Labute approximate surface area is 193 Å². The van der Waals surface area contributed by atoms with E-state index < -0.39 is 5.66 Å². The summed E-state index contributed by atoms with van der Waals surface area (Å²) in [5, 5.41) is 11.0. The summed E-state index contributed by atoms with van der Waals surface area (Å²) in [4.78, 5) is 8.97. The first-order chi connectivity index (χ1) is 16.1. The zero-order chi connectivity index (χ0) is 22.4. The molecule has 3 aliphatic rings. The molecule has 3 aromatic rings. The first kappa shape index (κ1) is 20.3. The van der Waals surface area contributed by atoms with Gasteiger partial charge in [0.25, 0.3) is 5.95 Å². The number of nitrogens with zero attached hydrogens (tertiary/aromatic N) is 4. The highest BCUT2D eigenvalue weighted by Gasteiger charge is 2.39. The van der Waals surface area contributed by atoms with Gasteiger partial charge in [0.05, 0.1) is 0 Å². The predicted octanol–water partition coefficient (Wildman–Crippen LogP) is 3.39. The average Bonchev–Trinajstić information content (AvgIpc) is 3.47. The van der Waals surface area contributed by atoms with Gasteiger partial charge in [0.15, 0.2) is 0 Å². The van der Waals surface area contributed by atoms with Gasteiger partial charge in [-0.2, -0.15) is 4.98 Å². The van der Waals surface area contributed by atoms with Crippen molar-refractivity contribution in [1.29, 1.82) is 0 Å². The molecule has 170 valence electrons. The number of nitrogens with two attached hydrogens (primary N) is 1. The molecule has 1 aromatic heterocycles. The van der Waals surface area contributed by atoms with E-state index in [0.717, 1.165) is 56.0 Å². The van der Waals surface area contributed by atoms with Crippen molar-refractivity contribution in [3.63, 3.8) is 0 Å². The van der Waals surface area contributed by atoms with Crippen LogP contribution >= 0.6 is 0 Å². The molecule has 2 aromatic carbocycles. The SMILES string of the molecule is CN1CCN(c2noc(Nc3ccc4c(c3)C=C[C@](N)(C3CCc5ccccc53)N4)n2)CC1. The van der Waals surface area contributed by atoms with Gasteiger partial charge in [-0.1, -0.05) is 30.3 Å². The van der Waals surface area contributed by atoms with E-state index in [1.807, 2.05) is 6.07 Å². The van der Waals surface area contributed by atoms with Gasteiger partial charge in [-0.25, -0.2) is 0 Å². The maximum Gasteiger partial charge on any atom is 0.327 e. The number of aryl methyl sites for hydroxylation is 1. The van der Waals surface area contributed by atoms with Gasteiger partial charge >= 0.3 is 6.01 Å². The van der Waals surface area contributed by atoms with Gasteiger partial charge in [-0.05, 0) is 66.0 Å². The van der Waals surface area contributed by atoms with Crippen LogP contribution in [0.3, 0.4) is 0 Å². The van der Waals surface area contributed by atoms with Crippen molar-refractivity contribution in [2.75, 3.05) is 48.8 Å². The molecule has 1 unspecified atom stereocenters. The first-order valence-corrected chi connectivity index (χ1v) is 11.6. The predicted molar refractivity (Wildman–Crippen MR) is 131 cm³/mol. The first-order valence-electron chi connectivity index (χ1n) is 11.6. The summed E-state index contributed by atoms with van der Waals surface area (Å²) in [6.07, 6.45) is 6.34. The monoisotopic (exact) mass is 443 g/mol. The number of fused-ring (bicyclic) bond motifs is 2. The minimum Gasteiger partial charge on any atom is -0.363 e. The van der Waals surface area contributed by atoms with Crippen molar-refractivity contribution >= 4 is 29.4 Å². The van der Waals surface area contributed by atoms with Crippen molar-refractivity contribution in [3.05, 3.63) is 65.2 Å². The molecule has 1 fully saturated rings. The molecule has 1 saturated heterocycles. The molecule has 0 bridgehead atoms. The summed E-state index contributed by atoms with van der Waals surface area (Å²) in [5.41, 5.74) is 12.0. The van der Waals surface area contributed by atoms with E-state index in [2.05, 4.69) is 86.2 Å². The second kappa shape index (κ2) is 7.90. The Hall–Kier alpha value is -3.36. The number of piperazine rings is 1. The molecule has 2 atom stereocenters. The fraction of sp³-hybridized carbons (Fsp3) is 0.360. The highest BCUT2D eigenvalue weighted by atomic mass is 16.5. The zero-order valence-corrected chi connectivity index (χ0v) is 18.8. The van der Waals surface area contributed by atoms with Crippen LogP contribution in [0.2, 0.25) is 0 Å². The van der Waals surface area contributed by atoms with Gasteiger partial charge in [-0.3, -0.25) is 0 Å². The van der Waals surface area contributed by atoms with Crippen LogP contribution < -0.4 is 21.3 Å². The topological polar surface area (TPSA) is 95.5 Å². The van der Waals surface area contributed by atoms with Crippen LogP contribution in [0.25, 0.3) is 6.08 Å². The van der Waals surface area contributed by atoms with E-state index in [0.29, 0.717) is 12.0 Å². The molecule has 33 heavy (non-hydrogen) atoms. The lowest BCUT2D eigenvalue weighted by molar-refractivity contribution is 0.309. The fourth-order valence-corrected chi connectivity index (χ4v) is 5.18. The Bertz CT molecular complexity index is 1200. The van der Waals surface area contributed by atoms with E-state index in [9.17, 15) is 0 Å². The average molecular weight is 444 g/mol. The standard InChI is InChI=1S/C25H29N7O/c1-31-12-14-32(15-13-31)23-28-24(33-30-23)27-19-7-9-22-18(16-19)10-11-25(26,29-22)21-8-6-17-4-2-3-5-20(17)21/h2-5,7,9-11,16,21,29H,6,8,12-15,26H2,1H3,(H,27,28,30)/t21?,25-/m1/s1. The highest BCUT2D eigenvalue weighted by Crippen LogP contribution is 2.43. The normalized spacial score (nSPS) is 24.3. The van der Waals surface area contributed by atoms with Crippen molar-refractivity contribution in [3.8, 4) is 0 Å². The molecule has 0 saturated carbocycles. The van der Waals surface area contributed by atoms with Crippen molar-refractivity contribution < 1.29 is 4.52 Å². The summed E-state index contributed by atoms with van der Waals surface area (Å²) < 4.78 is 5.45. The van der Waals surface area contributed by atoms with Crippen molar-refractivity contribution in [1.82, 2.24) is 15.0 Å². The highest BCUT2D eigenvalue weighted by molar-refractivity contribution is 5.77. The molecule has 1 aliphatic carbocycles. The van der Waals surface area contributed by atoms with Crippen LogP contribution in [0.15, 0.2) is 53.1 Å². The molecule has 4 N–H and O–H groups in total. The van der Waals surface area contributed by atoms with Crippen LogP contribution in [-0.4, -0.2) is 53.9 Å². The maximum absolute atomic E-state index is 6.88. The van der Waals surface area contributed by atoms with Gasteiger partial charge in [-0.15, -0.1) is 0 Å². The number of aromatic nitrogens is 2. The van der Waals surface area contributed by atoms with Crippen molar-refractivity contribution in [2.24, 2.45) is 5.73 Å². The smallest absolute Gasteiger partial charge is 0.327 e. The molecule has 8 heteroatoms. The molecule has 6 rings (SSSR count). The largest absolute Gasteiger partial charge is 0.363 e. The summed E-state index contributed by atoms with van der Waals surface area (Å²) in [5.74, 6) is 0.886. The number of anilines is 4. The molecular weight excluding hydrogens is 414 g/mol. The molecule has 0 radical (unpaired) electrons. The molecule has 2 aliphatic heterocycles. The minimum absolute atomic E-state index is 0.252. The van der Waals surface area contributed by atoms with E-state index in [1.165, 1.54) is 11.1 Å². The Balaban J connectivity index is 1.17. The maximum atomic E-state index is 6.88. The number of hydrogen-bond donors (Lipinski definition) is 3. The quantitative estimate of drug-likeness (QED) is 0.565. The number of hydrogen-bond acceptors (Lipinski definition) is 8. The number of rotatable bonds is 4. The van der Waals surface area contributed by atoms with Crippen molar-refractivity contribution in [2.45, 2.75) is 24.4 Å². The number of likely N-dealkylation sites (N-methyl/N-ethyl adjacent to an activating group) is 1. The summed E-state index contributed by atoms with van der Waals surface area (Å²) in [6, 6.07) is 15.2. The third-order valence-corrected chi connectivity index (χ3v) is 7.10. The van der Waals surface area contributed by atoms with Gasteiger partial charge in [0.2, 0.25) is 0 Å². The van der Waals surface area contributed by atoms with E-state index >= 15 is 0 Å². The Morgan fingerprint density at radius 2 is 2.00 bits per heavy atom. The van der Waals surface area contributed by atoms with Crippen LogP contribution in [-0.2, 0) is 6.42 Å². The summed E-state index contributed by atoms with van der Waals surface area (Å²) >= 11 is 0. The van der Waals surface area contributed by atoms with E-state index in [1.54, 1.807) is 0 Å². The van der Waals surface area contributed by atoms with Crippen LogP contribution in [0.1, 0.15) is 29.0 Å². The molecular formula is C25H29N7O.